The first-order valence-electron chi connectivity index (χ1n) is 6.78. The molecule has 2 heterocycles. The van der Waals surface area contributed by atoms with Gasteiger partial charge in [-0.15, -0.1) is 11.3 Å². The van der Waals surface area contributed by atoms with Crippen LogP contribution in [0.5, 0.6) is 5.75 Å². The van der Waals surface area contributed by atoms with Gasteiger partial charge < -0.3 is 10.1 Å². The molecule has 0 atom stereocenters. The summed E-state index contributed by atoms with van der Waals surface area (Å²) in [5, 5.41) is 7.61. The van der Waals surface area contributed by atoms with Gasteiger partial charge in [-0.05, 0) is 33.8 Å². The highest BCUT2D eigenvalue weighted by Gasteiger charge is 2.11. The Bertz CT molecular complexity index is 566. The van der Waals surface area contributed by atoms with E-state index in [1.165, 1.54) is 15.3 Å². The van der Waals surface area contributed by atoms with E-state index in [-0.39, 0.29) is 5.54 Å². The molecule has 2 aromatic rings. The summed E-state index contributed by atoms with van der Waals surface area (Å²) in [5.74, 6) is 0.812. The molecule has 2 aromatic heterocycles. The van der Waals surface area contributed by atoms with Gasteiger partial charge in [-0.25, -0.2) is 0 Å². The van der Waals surface area contributed by atoms with E-state index < -0.39 is 0 Å². The number of aryl methyl sites for hydroxylation is 2. The lowest BCUT2D eigenvalue weighted by molar-refractivity contribution is 0.305. The van der Waals surface area contributed by atoms with Crippen LogP contribution in [0.25, 0.3) is 0 Å². The molecule has 0 aliphatic heterocycles. The van der Waals surface area contributed by atoms with Crippen LogP contribution in [-0.4, -0.2) is 15.3 Å². The van der Waals surface area contributed by atoms with Crippen molar-refractivity contribution in [1.82, 2.24) is 15.1 Å². The van der Waals surface area contributed by atoms with Gasteiger partial charge >= 0.3 is 0 Å². The summed E-state index contributed by atoms with van der Waals surface area (Å²) in [6.07, 6.45) is 3.62. The van der Waals surface area contributed by atoms with E-state index in [9.17, 15) is 0 Å². The van der Waals surface area contributed by atoms with Crippen LogP contribution in [0.1, 0.15) is 36.1 Å². The molecule has 5 heteroatoms. The molecular formula is C15H23N3OS. The number of ether oxygens (including phenoxy) is 1. The van der Waals surface area contributed by atoms with Crippen molar-refractivity contribution in [3.05, 3.63) is 33.8 Å². The molecule has 20 heavy (non-hydrogen) atoms. The van der Waals surface area contributed by atoms with Crippen molar-refractivity contribution in [2.45, 2.75) is 46.4 Å². The van der Waals surface area contributed by atoms with E-state index >= 15 is 0 Å². The van der Waals surface area contributed by atoms with Gasteiger partial charge in [-0.2, -0.15) is 5.10 Å². The fourth-order valence-electron chi connectivity index (χ4n) is 1.80. The number of thiophene rings is 1. The number of nitrogens with zero attached hydrogens (tertiary/aromatic N) is 2. The molecule has 2 rings (SSSR count). The summed E-state index contributed by atoms with van der Waals surface area (Å²) in [5.41, 5.74) is 1.40. The van der Waals surface area contributed by atoms with E-state index in [1.54, 1.807) is 10.9 Å². The minimum atomic E-state index is 0.143. The number of aromatic nitrogens is 2. The van der Waals surface area contributed by atoms with Crippen LogP contribution in [0, 0.1) is 6.92 Å². The molecule has 0 radical (unpaired) electrons. The van der Waals surface area contributed by atoms with Crippen LogP contribution < -0.4 is 10.1 Å². The van der Waals surface area contributed by atoms with Crippen molar-refractivity contribution in [2.24, 2.45) is 7.05 Å². The van der Waals surface area contributed by atoms with Crippen LogP contribution in [0.15, 0.2) is 18.5 Å². The highest BCUT2D eigenvalue weighted by molar-refractivity contribution is 7.12. The Morgan fingerprint density at radius 1 is 1.40 bits per heavy atom. The van der Waals surface area contributed by atoms with E-state index in [0.29, 0.717) is 6.61 Å². The maximum Gasteiger partial charge on any atom is 0.157 e. The molecule has 1 N–H and O–H groups in total. The van der Waals surface area contributed by atoms with Crippen LogP contribution >= 0.6 is 11.3 Å². The summed E-state index contributed by atoms with van der Waals surface area (Å²) in [6, 6.07) is 2.23. The van der Waals surface area contributed by atoms with Crippen molar-refractivity contribution >= 4 is 11.3 Å². The molecule has 4 nitrogen and oxygen atoms in total. The zero-order chi connectivity index (χ0) is 14.8. The molecule has 0 aliphatic rings. The Hall–Kier alpha value is -1.33. The Labute approximate surface area is 124 Å². The fraction of sp³-hybridized carbons (Fsp3) is 0.533. The van der Waals surface area contributed by atoms with Gasteiger partial charge in [0.15, 0.2) is 5.75 Å². The second kappa shape index (κ2) is 5.97. The average Bonchev–Trinajstić information content (AvgIpc) is 2.90. The van der Waals surface area contributed by atoms with E-state index in [2.05, 4.69) is 44.2 Å². The molecule has 0 aliphatic carbocycles. The molecule has 0 amide bonds. The lowest BCUT2D eigenvalue weighted by Gasteiger charge is -2.19. The molecule has 0 bridgehead atoms. The van der Waals surface area contributed by atoms with Gasteiger partial charge in [0, 0.05) is 34.4 Å². The largest absolute Gasteiger partial charge is 0.486 e. The fourth-order valence-corrected chi connectivity index (χ4v) is 2.79. The quantitative estimate of drug-likeness (QED) is 0.919. The van der Waals surface area contributed by atoms with Crippen LogP contribution in [-0.2, 0) is 20.2 Å². The van der Waals surface area contributed by atoms with Crippen LogP contribution in [0.4, 0.5) is 0 Å². The normalized spacial score (nSPS) is 11.8. The molecule has 0 unspecified atom stereocenters. The second-order valence-electron chi connectivity index (χ2n) is 6.04. The SMILES string of the molecule is Cc1sc(CNC(C)(C)C)cc1COc1cnn(C)c1. The molecule has 0 aromatic carbocycles. The zero-order valence-electron chi connectivity index (χ0n) is 12.9. The summed E-state index contributed by atoms with van der Waals surface area (Å²) >= 11 is 1.83. The molecule has 110 valence electrons. The maximum absolute atomic E-state index is 5.76. The van der Waals surface area contributed by atoms with Crippen molar-refractivity contribution in [3.8, 4) is 5.75 Å². The number of nitrogens with one attached hydrogen (secondary N) is 1. The minimum absolute atomic E-state index is 0.143. The average molecular weight is 293 g/mol. The highest BCUT2D eigenvalue weighted by Crippen LogP contribution is 2.23. The summed E-state index contributed by atoms with van der Waals surface area (Å²) in [6.45, 7) is 10.2. The third-order valence-electron chi connectivity index (χ3n) is 2.94. The van der Waals surface area contributed by atoms with E-state index in [0.717, 1.165) is 12.3 Å². The Balaban J connectivity index is 1.93. The molecule has 0 spiro atoms. The van der Waals surface area contributed by atoms with Gasteiger partial charge in [0.1, 0.15) is 6.61 Å². The maximum atomic E-state index is 5.76. The number of rotatable bonds is 5. The van der Waals surface area contributed by atoms with Crippen molar-refractivity contribution < 1.29 is 4.74 Å². The van der Waals surface area contributed by atoms with E-state index in [4.69, 9.17) is 4.74 Å². The first kappa shape index (κ1) is 15.1. The Morgan fingerprint density at radius 2 is 2.15 bits per heavy atom. The van der Waals surface area contributed by atoms with Gasteiger partial charge in [-0.3, -0.25) is 4.68 Å². The zero-order valence-corrected chi connectivity index (χ0v) is 13.7. The van der Waals surface area contributed by atoms with Crippen molar-refractivity contribution in [1.29, 1.82) is 0 Å². The molecule has 0 fully saturated rings. The van der Waals surface area contributed by atoms with Crippen LogP contribution in [0.2, 0.25) is 0 Å². The van der Waals surface area contributed by atoms with Gasteiger partial charge in [-0.1, -0.05) is 0 Å². The summed E-state index contributed by atoms with van der Waals surface area (Å²) < 4.78 is 7.50. The topological polar surface area (TPSA) is 39.1 Å². The monoisotopic (exact) mass is 293 g/mol. The lowest BCUT2D eigenvalue weighted by atomic mass is 10.1. The summed E-state index contributed by atoms with van der Waals surface area (Å²) in [4.78, 5) is 2.67. The Kier molecular flexibility index (Phi) is 4.50. The standard InChI is InChI=1S/C15H23N3OS/c1-11-12(10-19-13-7-17-18(5)9-13)6-14(20-11)8-16-15(2,3)4/h6-7,9,16H,8,10H2,1-5H3. The van der Waals surface area contributed by atoms with Crippen molar-refractivity contribution in [2.75, 3.05) is 0 Å². The first-order valence-corrected chi connectivity index (χ1v) is 7.60. The lowest BCUT2D eigenvalue weighted by Crippen LogP contribution is -2.34. The first-order chi connectivity index (χ1) is 9.33. The number of hydrogen-bond donors (Lipinski definition) is 1. The second-order valence-corrected chi connectivity index (χ2v) is 7.38. The molecular weight excluding hydrogens is 270 g/mol. The van der Waals surface area contributed by atoms with Crippen molar-refractivity contribution in [3.63, 3.8) is 0 Å². The van der Waals surface area contributed by atoms with E-state index in [1.807, 2.05) is 24.6 Å². The third kappa shape index (κ3) is 4.35. The molecule has 0 saturated heterocycles. The van der Waals surface area contributed by atoms with Crippen LogP contribution in [0.3, 0.4) is 0 Å². The minimum Gasteiger partial charge on any atom is -0.486 e. The third-order valence-corrected chi connectivity index (χ3v) is 4.03. The number of hydrogen-bond acceptors (Lipinski definition) is 4. The highest BCUT2D eigenvalue weighted by atomic mass is 32.1. The van der Waals surface area contributed by atoms with Gasteiger partial charge in [0.05, 0.1) is 12.4 Å². The predicted molar refractivity (Wildman–Crippen MR) is 83.2 cm³/mol. The smallest absolute Gasteiger partial charge is 0.157 e. The Morgan fingerprint density at radius 3 is 2.75 bits per heavy atom. The molecule has 0 saturated carbocycles. The summed E-state index contributed by atoms with van der Waals surface area (Å²) in [7, 11) is 1.89. The predicted octanol–water partition coefficient (Wildman–Crippen LogP) is 3.26. The van der Waals surface area contributed by atoms with Gasteiger partial charge in [0.2, 0.25) is 0 Å². The van der Waals surface area contributed by atoms with Gasteiger partial charge in [0.25, 0.3) is 0 Å².